The molecule has 1 atom stereocenters. The molecule has 0 fully saturated rings. The van der Waals surface area contributed by atoms with Crippen molar-refractivity contribution in [2.45, 2.75) is 32.9 Å². The molecule has 0 aliphatic heterocycles. The monoisotopic (exact) mass is 248 g/mol. The molecule has 1 heterocycles. The number of hydrogen-bond acceptors (Lipinski definition) is 3. The number of para-hydroxylation sites is 2. The van der Waals surface area contributed by atoms with Crippen molar-refractivity contribution in [3.05, 3.63) is 34.8 Å². The number of benzene rings is 1. The van der Waals surface area contributed by atoms with E-state index in [1.54, 1.807) is 24.3 Å². The van der Waals surface area contributed by atoms with Gasteiger partial charge in [0, 0.05) is 6.04 Å². The Kier molecular flexibility index (Phi) is 3.50. The molecule has 1 aromatic heterocycles. The van der Waals surface area contributed by atoms with E-state index in [-0.39, 0.29) is 18.5 Å². The quantitative estimate of drug-likeness (QED) is 0.892. The molecule has 0 spiro atoms. The smallest absolute Gasteiger partial charge is 0.408 e. The second kappa shape index (κ2) is 5.08. The molecule has 2 rings (SSSR count). The number of amides is 1. The van der Waals surface area contributed by atoms with Crippen LogP contribution in [0, 0.1) is 0 Å². The minimum Gasteiger partial charge on any atom is -0.408 e. The first-order valence-electron chi connectivity index (χ1n) is 5.99. The Bertz CT molecular complexity index is 612. The van der Waals surface area contributed by atoms with Crippen molar-refractivity contribution in [2.75, 3.05) is 0 Å². The Morgan fingerprint density at radius 2 is 2.17 bits per heavy atom. The van der Waals surface area contributed by atoms with E-state index in [0.717, 1.165) is 6.42 Å². The Labute approximate surface area is 104 Å². The van der Waals surface area contributed by atoms with Crippen molar-refractivity contribution >= 4 is 17.0 Å². The van der Waals surface area contributed by atoms with Crippen LogP contribution in [0.1, 0.15) is 20.3 Å². The minimum absolute atomic E-state index is 0.0137. The summed E-state index contributed by atoms with van der Waals surface area (Å²) < 4.78 is 6.40. The SMILES string of the molecule is CC[C@H](C)NC(=O)Cn1c(=O)oc2ccccc21. The topological polar surface area (TPSA) is 64.2 Å². The summed E-state index contributed by atoms with van der Waals surface area (Å²) in [5, 5.41) is 2.82. The van der Waals surface area contributed by atoms with Gasteiger partial charge in [0.05, 0.1) is 5.52 Å². The van der Waals surface area contributed by atoms with Gasteiger partial charge in [0.1, 0.15) is 6.54 Å². The molecule has 18 heavy (non-hydrogen) atoms. The van der Waals surface area contributed by atoms with Crippen molar-refractivity contribution in [1.82, 2.24) is 9.88 Å². The Balaban J connectivity index is 2.24. The van der Waals surface area contributed by atoms with Crippen molar-refractivity contribution in [3.63, 3.8) is 0 Å². The number of oxazole rings is 1. The van der Waals surface area contributed by atoms with Gasteiger partial charge in [0.15, 0.2) is 5.58 Å². The molecule has 96 valence electrons. The number of carbonyl (C=O) groups is 1. The molecule has 1 amide bonds. The fraction of sp³-hybridized carbons (Fsp3) is 0.385. The van der Waals surface area contributed by atoms with E-state index in [0.29, 0.717) is 11.1 Å². The molecule has 0 unspecified atom stereocenters. The summed E-state index contributed by atoms with van der Waals surface area (Å²) in [4.78, 5) is 23.4. The van der Waals surface area contributed by atoms with E-state index in [9.17, 15) is 9.59 Å². The van der Waals surface area contributed by atoms with Crippen LogP contribution in [0.25, 0.3) is 11.1 Å². The average Bonchev–Trinajstić information content (AvgIpc) is 2.66. The lowest BCUT2D eigenvalue weighted by Crippen LogP contribution is -2.36. The molecule has 0 saturated heterocycles. The van der Waals surface area contributed by atoms with Crippen LogP contribution in [0.3, 0.4) is 0 Å². The van der Waals surface area contributed by atoms with E-state index >= 15 is 0 Å². The van der Waals surface area contributed by atoms with Crippen LogP contribution in [-0.2, 0) is 11.3 Å². The third-order valence-electron chi connectivity index (χ3n) is 2.90. The lowest BCUT2D eigenvalue weighted by molar-refractivity contribution is -0.122. The molecule has 2 aromatic rings. The number of fused-ring (bicyclic) bond motifs is 1. The summed E-state index contributed by atoms with van der Waals surface area (Å²) in [6, 6.07) is 7.16. The van der Waals surface area contributed by atoms with Gasteiger partial charge in [-0.05, 0) is 25.5 Å². The molecule has 1 aromatic carbocycles. The summed E-state index contributed by atoms with van der Waals surface area (Å²) in [7, 11) is 0. The summed E-state index contributed by atoms with van der Waals surface area (Å²) in [5.74, 6) is -0.687. The van der Waals surface area contributed by atoms with Crippen LogP contribution in [-0.4, -0.2) is 16.5 Å². The lowest BCUT2D eigenvalue weighted by Gasteiger charge is -2.11. The summed E-state index contributed by atoms with van der Waals surface area (Å²) in [5.41, 5.74) is 1.14. The zero-order valence-corrected chi connectivity index (χ0v) is 10.5. The number of carbonyl (C=O) groups excluding carboxylic acids is 1. The Hall–Kier alpha value is -2.04. The first-order valence-corrected chi connectivity index (χ1v) is 5.99. The van der Waals surface area contributed by atoms with Gasteiger partial charge in [0.25, 0.3) is 0 Å². The number of hydrogen-bond donors (Lipinski definition) is 1. The number of rotatable bonds is 4. The predicted octanol–water partition coefficient (Wildman–Crippen LogP) is 1.51. The molecule has 5 heteroatoms. The van der Waals surface area contributed by atoms with Gasteiger partial charge in [-0.15, -0.1) is 0 Å². The van der Waals surface area contributed by atoms with Crippen molar-refractivity contribution < 1.29 is 9.21 Å². The van der Waals surface area contributed by atoms with Crippen molar-refractivity contribution in [1.29, 1.82) is 0 Å². The summed E-state index contributed by atoms with van der Waals surface area (Å²) in [6.07, 6.45) is 0.854. The van der Waals surface area contributed by atoms with Gasteiger partial charge in [-0.1, -0.05) is 19.1 Å². The first kappa shape index (κ1) is 12.4. The molecule has 0 bridgehead atoms. The van der Waals surface area contributed by atoms with E-state index in [1.165, 1.54) is 4.57 Å². The molecular weight excluding hydrogens is 232 g/mol. The fourth-order valence-corrected chi connectivity index (χ4v) is 1.73. The molecule has 5 nitrogen and oxygen atoms in total. The highest BCUT2D eigenvalue weighted by atomic mass is 16.4. The molecule has 0 radical (unpaired) electrons. The van der Waals surface area contributed by atoms with Gasteiger partial charge in [-0.2, -0.15) is 0 Å². The summed E-state index contributed by atoms with van der Waals surface area (Å²) >= 11 is 0. The van der Waals surface area contributed by atoms with Crippen LogP contribution in [0.2, 0.25) is 0 Å². The second-order valence-electron chi connectivity index (χ2n) is 4.30. The molecular formula is C13H16N2O3. The highest BCUT2D eigenvalue weighted by Gasteiger charge is 2.13. The van der Waals surface area contributed by atoms with E-state index in [1.807, 2.05) is 13.8 Å². The number of nitrogens with one attached hydrogen (secondary N) is 1. The van der Waals surface area contributed by atoms with Crippen molar-refractivity contribution in [3.8, 4) is 0 Å². The van der Waals surface area contributed by atoms with Gasteiger partial charge < -0.3 is 9.73 Å². The van der Waals surface area contributed by atoms with Gasteiger partial charge in [-0.25, -0.2) is 4.79 Å². The van der Waals surface area contributed by atoms with Crippen LogP contribution >= 0.6 is 0 Å². The largest absolute Gasteiger partial charge is 0.420 e. The molecule has 0 aliphatic rings. The maximum absolute atomic E-state index is 11.8. The standard InChI is InChI=1S/C13H16N2O3/c1-3-9(2)14-12(16)8-15-10-6-4-5-7-11(10)18-13(15)17/h4-7,9H,3,8H2,1-2H3,(H,14,16)/t9-/m0/s1. The zero-order chi connectivity index (χ0) is 13.1. The normalized spacial score (nSPS) is 12.6. The van der Waals surface area contributed by atoms with Gasteiger partial charge >= 0.3 is 5.76 Å². The third-order valence-corrected chi connectivity index (χ3v) is 2.90. The van der Waals surface area contributed by atoms with Crippen LogP contribution in [0.5, 0.6) is 0 Å². The molecule has 1 N–H and O–H groups in total. The van der Waals surface area contributed by atoms with E-state index in [4.69, 9.17) is 4.42 Å². The number of aromatic nitrogens is 1. The average molecular weight is 248 g/mol. The van der Waals surface area contributed by atoms with Gasteiger partial charge in [-0.3, -0.25) is 9.36 Å². The van der Waals surface area contributed by atoms with Crippen LogP contribution in [0.15, 0.2) is 33.5 Å². The maximum atomic E-state index is 11.8. The third kappa shape index (κ3) is 2.45. The molecule has 0 aliphatic carbocycles. The van der Waals surface area contributed by atoms with Crippen molar-refractivity contribution in [2.24, 2.45) is 0 Å². The van der Waals surface area contributed by atoms with Crippen LogP contribution in [0.4, 0.5) is 0 Å². The minimum atomic E-state index is -0.504. The first-order chi connectivity index (χ1) is 8.61. The lowest BCUT2D eigenvalue weighted by atomic mass is 10.2. The van der Waals surface area contributed by atoms with Crippen LogP contribution < -0.4 is 11.1 Å². The predicted molar refractivity (Wildman–Crippen MR) is 68.4 cm³/mol. The molecule has 0 saturated carbocycles. The highest BCUT2D eigenvalue weighted by molar-refractivity contribution is 5.79. The Morgan fingerprint density at radius 1 is 1.44 bits per heavy atom. The summed E-state index contributed by atoms with van der Waals surface area (Å²) in [6.45, 7) is 3.90. The maximum Gasteiger partial charge on any atom is 0.420 e. The Morgan fingerprint density at radius 3 is 2.89 bits per heavy atom. The van der Waals surface area contributed by atoms with E-state index in [2.05, 4.69) is 5.32 Å². The second-order valence-corrected chi connectivity index (χ2v) is 4.30. The number of nitrogens with zero attached hydrogens (tertiary/aromatic N) is 1. The fourth-order valence-electron chi connectivity index (χ4n) is 1.73. The van der Waals surface area contributed by atoms with Gasteiger partial charge in [0.2, 0.25) is 5.91 Å². The zero-order valence-electron chi connectivity index (χ0n) is 10.5. The highest BCUT2D eigenvalue weighted by Crippen LogP contribution is 2.11. The van der Waals surface area contributed by atoms with E-state index < -0.39 is 5.76 Å².